The molecule has 0 radical (unpaired) electrons. The number of rotatable bonds is 9. The van der Waals surface area contributed by atoms with Gasteiger partial charge in [0.15, 0.2) is 0 Å². The molecule has 2 heterocycles. The highest BCUT2D eigenvalue weighted by Crippen LogP contribution is 2.38. The normalized spacial score (nSPS) is 20.6. The maximum absolute atomic E-state index is 13.2. The molecule has 7 nitrogen and oxygen atoms in total. The molecule has 2 aliphatic rings. The number of carbonyl (C=O) groups excluding carboxylic acids is 1. The van der Waals surface area contributed by atoms with E-state index in [-0.39, 0.29) is 18.0 Å². The molecule has 158 valence electrons. The molecule has 1 aliphatic carbocycles. The van der Waals surface area contributed by atoms with Gasteiger partial charge in [-0.2, -0.15) is 0 Å². The van der Waals surface area contributed by atoms with Crippen LogP contribution in [0.5, 0.6) is 5.75 Å². The number of ether oxygens (including phenoxy) is 3. The van der Waals surface area contributed by atoms with E-state index in [1.807, 2.05) is 23.1 Å². The maximum Gasteiger partial charge on any atom is 0.253 e. The number of benzene rings is 1. The lowest BCUT2D eigenvalue weighted by molar-refractivity contribution is -0.148. The molecule has 4 rings (SSSR count). The minimum absolute atomic E-state index is 0.0642. The number of hydrogen-bond donors (Lipinski definition) is 1. The molecule has 2 atom stereocenters. The molecule has 1 N–H and O–H groups in total. The highest BCUT2D eigenvalue weighted by molar-refractivity contribution is 5.86. The van der Waals surface area contributed by atoms with Gasteiger partial charge in [0.1, 0.15) is 17.4 Å². The summed E-state index contributed by atoms with van der Waals surface area (Å²) in [4.78, 5) is 15.2. The molecule has 7 heteroatoms. The van der Waals surface area contributed by atoms with Gasteiger partial charge < -0.3 is 28.8 Å². The summed E-state index contributed by atoms with van der Waals surface area (Å²) in [6, 6.07) is 6.17. The number of morpholine rings is 1. The molecule has 29 heavy (non-hydrogen) atoms. The quantitative estimate of drug-likeness (QED) is 0.650. The Hall–Kier alpha value is -2.09. The zero-order valence-corrected chi connectivity index (χ0v) is 17.2. The summed E-state index contributed by atoms with van der Waals surface area (Å²) in [5, 5.41) is 4.20. The van der Waals surface area contributed by atoms with E-state index in [9.17, 15) is 4.79 Å². The molecule has 2 aromatic rings. The first-order valence-corrected chi connectivity index (χ1v) is 10.5. The van der Waals surface area contributed by atoms with Gasteiger partial charge in [-0.05, 0) is 43.5 Å². The molecule has 1 amide bonds. The summed E-state index contributed by atoms with van der Waals surface area (Å²) in [6.45, 7) is 5.23. The molecule has 1 aromatic heterocycles. The summed E-state index contributed by atoms with van der Waals surface area (Å²) in [5.74, 6) is 0.849. The molecule has 1 saturated heterocycles. The fraction of sp³-hybridized carbons (Fsp3) is 0.591. The third-order valence-electron chi connectivity index (χ3n) is 5.60. The maximum atomic E-state index is 13.2. The van der Waals surface area contributed by atoms with Crippen molar-refractivity contribution in [1.82, 2.24) is 10.2 Å². The van der Waals surface area contributed by atoms with Crippen LogP contribution in [-0.2, 0) is 14.3 Å². The lowest BCUT2D eigenvalue weighted by Crippen LogP contribution is -2.50. The van der Waals surface area contributed by atoms with E-state index in [0.29, 0.717) is 26.4 Å². The van der Waals surface area contributed by atoms with Crippen molar-refractivity contribution in [1.29, 1.82) is 0 Å². The summed E-state index contributed by atoms with van der Waals surface area (Å²) >= 11 is 0. The van der Waals surface area contributed by atoms with Crippen LogP contribution >= 0.6 is 0 Å². The molecule has 2 fully saturated rings. The Morgan fingerprint density at radius 1 is 1.34 bits per heavy atom. The minimum Gasteiger partial charge on any atom is -0.493 e. The van der Waals surface area contributed by atoms with Gasteiger partial charge in [0.05, 0.1) is 30.9 Å². The van der Waals surface area contributed by atoms with Crippen molar-refractivity contribution < 1.29 is 23.4 Å². The molecule has 1 aromatic carbocycles. The second-order valence-electron chi connectivity index (χ2n) is 7.76. The van der Waals surface area contributed by atoms with E-state index in [4.69, 9.17) is 18.6 Å². The molecule has 1 unspecified atom stereocenters. The van der Waals surface area contributed by atoms with Crippen molar-refractivity contribution in [2.45, 2.75) is 44.4 Å². The Balaban J connectivity index is 1.57. The Kier molecular flexibility index (Phi) is 6.37. The highest BCUT2D eigenvalue weighted by atomic mass is 16.5. The smallest absolute Gasteiger partial charge is 0.253 e. The highest BCUT2D eigenvalue weighted by Gasteiger charge is 2.40. The van der Waals surface area contributed by atoms with Crippen molar-refractivity contribution in [3.63, 3.8) is 0 Å². The number of hydrogen-bond acceptors (Lipinski definition) is 6. The van der Waals surface area contributed by atoms with E-state index in [1.54, 1.807) is 13.4 Å². The average molecular weight is 402 g/mol. The molecule has 0 spiro atoms. The first-order valence-electron chi connectivity index (χ1n) is 10.5. The van der Waals surface area contributed by atoms with Gasteiger partial charge in [-0.1, -0.05) is 0 Å². The zero-order valence-electron chi connectivity index (χ0n) is 17.2. The number of fused-ring (bicyclic) bond motifs is 1. The number of nitrogens with one attached hydrogen (secondary N) is 1. The van der Waals surface area contributed by atoms with Gasteiger partial charge in [-0.15, -0.1) is 0 Å². The van der Waals surface area contributed by atoms with Gasteiger partial charge >= 0.3 is 0 Å². The zero-order chi connectivity index (χ0) is 20.2. The van der Waals surface area contributed by atoms with E-state index >= 15 is 0 Å². The van der Waals surface area contributed by atoms with Crippen molar-refractivity contribution >= 4 is 16.9 Å². The SMILES string of the molecule is COCCCOc1cc([C@H](C)N(C(=O)C2CNCCO2)C2CC2)cc2occc12. The average Bonchev–Trinajstić information content (AvgIpc) is 3.46. The number of amides is 1. The van der Waals surface area contributed by atoms with Gasteiger partial charge in [0.2, 0.25) is 0 Å². The van der Waals surface area contributed by atoms with E-state index in [2.05, 4.69) is 12.2 Å². The predicted octanol–water partition coefficient (Wildman–Crippen LogP) is 2.89. The Morgan fingerprint density at radius 3 is 2.93 bits per heavy atom. The summed E-state index contributed by atoms with van der Waals surface area (Å²) < 4.78 is 22.5. The van der Waals surface area contributed by atoms with E-state index in [0.717, 1.165) is 48.1 Å². The second-order valence-corrected chi connectivity index (χ2v) is 7.76. The summed E-state index contributed by atoms with van der Waals surface area (Å²) in [6.07, 6.45) is 4.16. The minimum atomic E-state index is -0.413. The number of methoxy groups -OCH3 is 1. The Bertz CT molecular complexity index is 826. The largest absolute Gasteiger partial charge is 0.493 e. The van der Waals surface area contributed by atoms with Gasteiger partial charge in [0, 0.05) is 39.3 Å². The number of furan rings is 1. The molecule has 1 aliphatic heterocycles. The fourth-order valence-electron chi connectivity index (χ4n) is 3.90. The predicted molar refractivity (Wildman–Crippen MR) is 109 cm³/mol. The van der Waals surface area contributed by atoms with E-state index in [1.165, 1.54) is 0 Å². The van der Waals surface area contributed by atoms with Crippen LogP contribution in [0.15, 0.2) is 28.9 Å². The summed E-state index contributed by atoms with van der Waals surface area (Å²) in [7, 11) is 1.69. The monoisotopic (exact) mass is 402 g/mol. The fourth-order valence-corrected chi connectivity index (χ4v) is 3.90. The number of carbonyl (C=O) groups is 1. The number of nitrogens with zero attached hydrogens (tertiary/aromatic N) is 1. The van der Waals surface area contributed by atoms with Crippen LogP contribution in [0, 0.1) is 0 Å². The third kappa shape index (κ3) is 4.57. The lowest BCUT2D eigenvalue weighted by atomic mass is 10.0. The van der Waals surface area contributed by atoms with Gasteiger partial charge in [-0.25, -0.2) is 0 Å². The van der Waals surface area contributed by atoms with Crippen LogP contribution in [0.3, 0.4) is 0 Å². The second kappa shape index (κ2) is 9.15. The Labute approximate surface area is 171 Å². The van der Waals surface area contributed by atoms with Crippen LogP contribution in [0.25, 0.3) is 11.0 Å². The molecular weight excluding hydrogens is 372 g/mol. The summed E-state index contributed by atoms with van der Waals surface area (Å²) in [5.41, 5.74) is 1.79. The first-order chi connectivity index (χ1) is 14.2. The van der Waals surface area contributed by atoms with Crippen LogP contribution in [-0.4, -0.2) is 63.0 Å². The standard InChI is InChI=1S/C22H30N2O5/c1-15(24(17-4-5-17)22(25)21-14-23-7-11-29-21)16-12-19(27-9-3-8-26-2)18-6-10-28-20(18)13-16/h6,10,12-13,15,17,21,23H,3-5,7-9,11,14H2,1-2H3/t15-,21?/m0/s1. The van der Waals surface area contributed by atoms with Crippen molar-refractivity contribution in [3.8, 4) is 5.75 Å². The first kappa shape index (κ1) is 20.2. The van der Waals surface area contributed by atoms with Gasteiger partial charge in [0.25, 0.3) is 5.91 Å². The molecule has 1 saturated carbocycles. The molecule has 0 bridgehead atoms. The lowest BCUT2D eigenvalue weighted by Gasteiger charge is -2.34. The van der Waals surface area contributed by atoms with Crippen LogP contribution < -0.4 is 10.1 Å². The van der Waals surface area contributed by atoms with Crippen molar-refractivity contribution in [2.24, 2.45) is 0 Å². The van der Waals surface area contributed by atoms with E-state index < -0.39 is 6.10 Å². The molecular formula is C22H30N2O5. The van der Waals surface area contributed by atoms with Gasteiger partial charge in [-0.3, -0.25) is 4.79 Å². The van der Waals surface area contributed by atoms with Crippen molar-refractivity contribution in [2.75, 3.05) is 40.0 Å². The van der Waals surface area contributed by atoms with Crippen molar-refractivity contribution in [3.05, 3.63) is 30.0 Å². The van der Waals surface area contributed by atoms with Crippen LogP contribution in [0.2, 0.25) is 0 Å². The van der Waals surface area contributed by atoms with Crippen LogP contribution in [0.4, 0.5) is 0 Å². The third-order valence-corrected chi connectivity index (χ3v) is 5.60. The topological polar surface area (TPSA) is 73.2 Å². The Morgan fingerprint density at radius 2 is 2.21 bits per heavy atom. The van der Waals surface area contributed by atoms with Crippen LogP contribution in [0.1, 0.15) is 37.8 Å².